The number of Topliss-reactive ketones (excluding diaryl/α,β-unsaturated/α-hetero) is 1. The van der Waals surface area contributed by atoms with E-state index in [2.05, 4.69) is 5.32 Å². The van der Waals surface area contributed by atoms with Gasteiger partial charge in [0.15, 0.2) is 5.78 Å². The normalized spacial score (nSPS) is 12.1. The molecule has 0 unspecified atom stereocenters. The maximum atomic E-state index is 12.7. The summed E-state index contributed by atoms with van der Waals surface area (Å²) in [5.41, 5.74) is 1.23. The molecule has 0 saturated heterocycles. The van der Waals surface area contributed by atoms with Crippen LogP contribution in [0.1, 0.15) is 31.1 Å². The number of carbonyl (C=O) groups is 2. The number of nitrogens with one attached hydrogen (secondary N) is 1. The molecule has 0 aliphatic rings. The maximum absolute atomic E-state index is 12.7. The van der Waals surface area contributed by atoms with Crippen LogP contribution >= 0.6 is 0 Å². The van der Waals surface area contributed by atoms with Gasteiger partial charge in [-0.05, 0) is 57.2 Å². The first kappa shape index (κ1) is 21.4. The average Bonchev–Trinajstić information content (AvgIpc) is 2.62. The van der Waals surface area contributed by atoms with Crippen LogP contribution in [0.25, 0.3) is 0 Å². The summed E-state index contributed by atoms with van der Waals surface area (Å²) in [4.78, 5) is 24.2. The Labute approximate surface area is 165 Å². The summed E-state index contributed by atoms with van der Waals surface area (Å²) in [7, 11) is -3.72. The smallest absolute Gasteiger partial charge is 0.247 e. The SMILES string of the molecule is CCOc1ccc(N([C@H](C)C(=O)Nc2cccc(C(C)=O)c2)S(C)(=O)=O)cc1. The Bertz CT molecular complexity index is 955. The number of anilines is 2. The number of nitrogens with zero attached hydrogens (tertiary/aromatic N) is 1. The maximum Gasteiger partial charge on any atom is 0.247 e. The third kappa shape index (κ3) is 5.32. The van der Waals surface area contributed by atoms with Crippen molar-refractivity contribution in [2.24, 2.45) is 0 Å². The summed E-state index contributed by atoms with van der Waals surface area (Å²) >= 11 is 0. The van der Waals surface area contributed by atoms with Crippen LogP contribution in [0.2, 0.25) is 0 Å². The van der Waals surface area contributed by atoms with Crippen molar-refractivity contribution in [3.05, 3.63) is 54.1 Å². The minimum absolute atomic E-state index is 0.128. The second-order valence-electron chi connectivity index (χ2n) is 6.29. The fourth-order valence-corrected chi connectivity index (χ4v) is 3.90. The van der Waals surface area contributed by atoms with Crippen molar-refractivity contribution in [1.82, 2.24) is 0 Å². The molecule has 0 radical (unpaired) electrons. The molecule has 0 heterocycles. The molecule has 0 fully saturated rings. The van der Waals surface area contributed by atoms with E-state index in [-0.39, 0.29) is 5.78 Å². The number of hydrogen-bond acceptors (Lipinski definition) is 5. The van der Waals surface area contributed by atoms with Crippen molar-refractivity contribution < 1.29 is 22.7 Å². The molecule has 150 valence electrons. The van der Waals surface area contributed by atoms with Crippen LogP contribution in [-0.4, -0.2) is 39.0 Å². The highest BCUT2D eigenvalue weighted by Gasteiger charge is 2.29. The third-order valence-electron chi connectivity index (χ3n) is 4.03. The fraction of sp³-hybridized carbons (Fsp3) is 0.300. The lowest BCUT2D eigenvalue weighted by Gasteiger charge is -2.28. The zero-order chi connectivity index (χ0) is 20.9. The number of sulfonamides is 1. The Morgan fingerprint density at radius 3 is 2.32 bits per heavy atom. The molecule has 2 aromatic carbocycles. The van der Waals surface area contributed by atoms with E-state index < -0.39 is 22.0 Å². The molecule has 1 amide bonds. The number of hydrogen-bond donors (Lipinski definition) is 1. The highest BCUT2D eigenvalue weighted by Crippen LogP contribution is 2.24. The van der Waals surface area contributed by atoms with Gasteiger partial charge >= 0.3 is 0 Å². The van der Waals surface area contributed by atoms with E-state index in [1.165, 1.54) is 13.8 Å². The lowest BCUT2D eigenvalue weighted by atomic mass is 10.1. The van der Waals surface area contributed by atoms with Gasteiger partial charge in [0, 0.05) is 11.3 Å². The highest BCUT2D eigenvalue weighted by atomic mass is 32.2. The molecule has 2 rings (SSSR count). The first-order valence-electron chi connectivity index (χ1n) is 8.77. The van der Waals surface area contributed by atoms with Gasteiger partial charge in [-0.25, -0.2) is 8.42 Å². The van der Waals surface area contributed by atoms with Crippen LogP contribution < -0.4 is 14.4 Å². The second-order valence-corrected chi connectivity index (χ2v) is 8.15. The second kappa shape index (κ2) is 8.88. The van der Waals surface area contributed by atoms with E-state index in [9.17, 15) is 18.0 Å². The highest BCUT2D eigenvalue weighted by molar-refractivity contribution is 7.92. The summed E-state index contributed by atoms with van der Waals surface area (Å²) in [6, 6.07) is 12.0. The van der Waals surface area contributed by atoms with Gasteiger partial charge in [-0.1, -0.05) is 12.1 Å². The summed E-state index contributed by atoms with van der Waals surface area (Å²) in [5, 5.41) is 2.67. The van der Waals surface area contributed by atoms with E-state index in [0.29, 0.717) is 29.3 Å². The molecule has 7 nitrogen and oxygen atoms in total. The lowest BCUT2D eigenvalue weighted by Crippen LogP contribution is -2.45. The number of benzene rings is 2. The summed E-state index contributed by atoms with van der Waals surface area (Å²) in [5.74, 6) is -0.0332. The van der Waals surface area contributed by atoms with Gasteiger partial charge in [-0.3, -0.25) is 13.9 Å². The van der Waals surface area contributed by atoms with Gasteiger partial charge in [-0.15, -0.1) is 0 Å². The van der Waals surface area contributed by atoms with Gasteiger partial charge in [-0.2, -0.15) is 0 Å². The fourth-order valence-electron chi connectivity index (χ4n) is 2.73. The molecule has 28 heavy (non-hydrogen) atoms. The molecule has 2 aromatic rings. The van der Waals surface area contributed by atoms with E-state index in [1.54, 1.807) is 48.5 Å². The largest absolute Gasteiger partial charge is 0.494 e. The summed E-state index contributed by atoms with van der Waals surface area (Å²) in [6.07, 6.45) is 1.05. The first-order chi connectivity index (χ1) is 13.1. The molecular formula is C20H24N2O5S. The zero-order valence-electron chi connectivity index (χ0n) is 16.3. The molecule has 0 saturated carbocycles. The molecule has 0 spiro atoms. The lowest BCUT2D eigenvalue weighted by molar-refractivity contribution is -0.116. The molecule has 1 atom stereocenters. The van der Waals surface area contributed by atoms with Gasteiger partial charge in [0.1, 0.15) is 11.8 Å². The van der Waals surface area contributed by atoms with Crippen LogP contribution in [0.3, 0.4) is 0 Å². The first-order valence-corrected chi connectivity index (χ1v) is 10.6. The topological polar surface area (TPSA) is 92.8 Å². The van der Waals surface area contributed by atoms with Crippen molar-refractivity contribution in [2.75, 3.05) is 22.5 Å². The minimum atomic E-state index is -3.72. The quantitative estimate of drug-likeness (QED) is 0.683. The Morgan fingerprint density at radius 1 is 1.14 bits per heavy atom. The summed E-state index contributed by atoms with van der Waals surface area (Å²) in [6.45, 7) is 5.28. The Morgan fingerprint density at radius 2 is 1.79 bits per heavy atom. The number of amides is 1. The molecule has 0 aliphatic heterocycles. The van der Waals surface area contributed by atoms with Crippen molar-refractivity contribution in [3.8, 4) is 5.75 Å². The van der Waals surface area contributed by atoms with Crippen LogP contribution in [0, 0.1) is 0 Å². The Kier molecular flexibility index (Phi) is 6.80. The van der Waals surface area contributed by atoms with Crippen molar-refractivity contribution in [2.45, 2.75) is 26.8 Å². The minimum Gasteiger partial charge on any atom is -0.494 e. The monoisotopic (exact) mass is 404 g/mol. The molecule has 0 bridgehead atoms. The van der Waals surface area contributed by atoms with E-state index in [0.717, 1.165) is 10.6 Å². The van der Waals surface area contributed by atoms with Crippen LogP contribution in [-0.2, 0) is 14.8 Å². The van der Waals surface area contributed by atoms with Crippen molar-refractivity contribution >= 4 is 33.1 Å². The number of ketones is 1. The predicted octanol–water partition coefficient (Wildman–Crippen LogP) is 3.08. The zero-order valence-corrected chi connectivity index (χ0v) is 17.1. The number of rotatable bonds is 8. The van der Waals surface area contributed by atoms with Gasteiger partial charge in [0.2, 0.25) is 15.9 Å². The van der Waals surface area contributed by atoms with Gasteiger partial charge < -0.3 is 10.1 Å². The Balaban J connectivity index is 2.27. The van der Waals surface area contributed by atoms with Gasteiger partial charge in [0.25, 0.3) is 0 Å². The molecule has 8 heteroatoms. The van der Waals surface area contributed by atoms with E-state index in [1.807, 2.05) is 6.92 Å². The van der Waals surface area contributed by atoms with Crippen molar-refractivity contribution in [1.29, 1.82) is 0 Å². The molecular weight excluding hydrogens is 380 g/mol. The molecule has 1 N–H and O–H groups in total. The van der Waals surface area contributed by atoms with E-state index >= 15 is 0 Å². The number of carbonyl (C=O) groups excluding carboxylic acids is 2. The summed E-state index contributed by atoms with van der Waals surface area (Å²) < 4.78 is 31.1. The average molecular weight is 404 g/mol. The molecule has 0 aromatic heterocycles. The van der Waals surface area contributed by atoms with E-state index in [4.69, 9.17) is 4.74 Å². The van der Waals surface area contributed by atoms with Crippen LogP contribution in [0.5, 0.6) is 5.75 Å². The predicted molar refractivity (Wildman–Crippen MR) is 109 cm³/mol. The Hall–Kier alpha value is -2.87. The van der Waals surface area contributed by atoms with Gasteiger partial charge in [0.05, 0.1) is 18.6 Å². The van der Waals surface area contributed by atoms with Crippen LogP contribution in [0.15, 0.2) is 48.5 Å². The molecule has 0 aliphatic carbocycles. The van der Waals surface area contributed by atoms with Crippen molar-refractivity contribution in [3.63, 3.8) is 0 Å². The number of ether oxygens (including phenoxy) is 1. The standard InChI is InChI=1S/C20H24N2O5S/c1-5-27-19-11-9-18(10-12-19)22(28(4,25)26)14(2)20(24)21-17-8-6-7-16(13-17)15(3)23/h6-14H,5H2,1-4H3,(H,21,24)/t14-/m1/s1. The van der Waals surface area contributed by atoms with Crippen LogP contribution in [0.4, 0.5) is 11.4 Å². The third-order valence-corrected chi connectivity index (χ3v) is 5.27.